The molecule has 0 aromatic rings. The van der Waals surface area contributed by atoms with Gasteiger partial charge in [-0.05, 0) is 12.8 Å². The second-order valence-electron chi connectivity index (χ2n) is 4.20. The maximum absolute atomic E-state index is 11.3. The first-order valence-electron chi connectivity index (χ1n) is 5.51. The molecule has 2 saturated heterocycles. The molecule has 2 atom stereocenters. The Morgan fingerprint density at radius 3 is 3.00 bits per heavy atom. The molecule has 2 heterocycles. The van der Waals surface area contributed by atoms with Crippen LogP contribution in [0.2, 0.25) is 0 Å². The number of hydrogen-bond donors (Lipinski definition) is 2. The third-order valence-corrected chi connectivity index (χ3v) is 3.11. The number of carbonyl (C=O) groups is 2. The van der Waals surface area contributed by atoms with Gasteiger partial charge in [0.2, 0.25) is 5.91 Å². The van der Waals surface area contributed by atoms with Gasteiger partial charge in [0.1, 0.15) is 6.04 Å². The Morgan fingerprint density at radius 1 is 1.56 bits per heavy atom. The van der Waals surface area contributed by atoms with Crippen molar-refractivity contribution in [2.75, 3.05) is 26.3 Å². The first kappa shape index (κ1) is 11.3. The van der Waals surface area contributed by atoms with Gasteiger partial charge in [0.15, 0.2) is 0 Å². The van der Waals surface area contributed by atoms with Gasteiger partial charge < -0.3 is 15.2 Å². The minimum Gasteiger partial charge on any atom is -0.480 e. The molecule has 6 nitrogen and oxygen atoms in total. The topological polar surface area (TPSA) is 78.9 Å². The van der Waals surface area contributed by atoms with Gasteiger partial charge in [0.05, 0.1) is 13.2 Å². The van der Waals surface area contributed by atoms with Gasteiger partial charge in [0.25, 0.3) is 0 Å². The highest BCUT2D eigenvalue weighted by atomic mass is 16.5. The molecule has 1 amide bonds. The van der Waals surface area contributed by atoms with E-state index in [9.17, 15) is 9.59 Å². The van der Waals surface area contributed by atoms with Crippen LogP contribution in [0.1, 0.15) is 12.8 Å². The fraction of sp³-hybridized carbons (Fsp3) is 0.800. The standard InChI is InChI=1S/C10H16N2O4/c13-9-5-12(7-2-1-3-16-6-7)8(4-11-9)10(14)15/h7-8H,1-6H2,(H,11,13)(H,14,15). The van der Waals surface area contributed by atoms with Crippen molar-refractivity contribution in [2.45, 2.75) is 24.9 Å². The quantitative estimate of drug-likeness (QED) is 0.637. The monoisotopic (exact) mass is 228 g/mol. The molecular weight excluding hydrogens is 212 g/mol. The Bertz CT molecular complexity index is 289. The Balaban J connectivity index is 2.06. The van der Waals surface area contributed by atoms with Crippen LogP contribution < -0.4 is 5.32 Å². The minimum absolute atomic E-state index is 0.0564. The molecule has 6 heteroatoms. The molecule has 0 aromatic heterocycles. The van der Waals surface area contributed by atoms with E-state index in [2.05, 4.69) is 5.32 Å². The van der Waals surface area contributed by atoms with Crippen molar-refractivity contribution in [1.82, 2.24) is 10.2 Å². The van der Waals surface area contributed by atoms with E-state index in [0.717, 1.165) is 19.4 Å². The number of piperazine rings is 1. The number of aliphatic carboxylic acids is 1. The maximum atomic E-state index is 11.3. The molecule has 2 aliphatic rings. The van der Waals surface area contributed by atoms with Crippen molar-refractivity contribution in [2.24, 2.45) is 0 Å². The van der Waals surface area contributed by atoms with Gasteiger partial charge in [-0.3, -0.25) is 14.5 Å². The largest absolute Gasteiger partial charge is 0.480 e. The summed E-state index contributed by atoms with van der Waals surface area (Å²) in [6.07, 6.45) is 1.83. The lowest BCUT2D eigenvalue weighted by Gasteiger charge is -2.40. The zero-order valence-corrected chi connectivity index (χ0v) is 9.02. The SMILES string of the molecule is O=C1CN(C2CCCOC2)C(C(=O)O)CN1. The first-order valence-corrected chi connectivity index (χ1v) is 5.51. The van der Waals surface area contributed by atoms with Crippen LogP contribution in [0, 0.1) is 0 Å². The molecule has 2 rings (SSSR count). The highest BCUT2D eigenvalue weighted by Crippen LogP contribution is 2.17. The molecule has 16 heavy (non-hydrogen) atoms. The van der Waals surface area contributed by atoms with E-state index in [0.29, 0.717) is 6.61 Å². The lowest BCUT2D eigenvalue weighted by atomic mass is 10.0. The summed E-state index contributed by atoms with van der Waals surface area (Å²) in [4.78, 5) is 24.1. The van der Waals surface area contributed by atoms with Crippen molar-refractivity contribution >= 4 is 11.9 Å². The molecule has 90 valence electrons. The molecule has 2 N–H and O–H groups in total. The number of carboxylic acids is 1. The van der Waals surface area contributed by atoms with Gasteiger partial charge in [0, 0.05) is 19.2 Å². The zero-order chi connectivity index (χ0) is 11.5. The van der Waals surface area contributed by atoms with E-state index >= 15 is 0 Å². The minimum atomic E-state index is -0.884. The van der Waals surface area contributed by atoms with Crippen LogP contribution in [-0.2, 0) is 14.3 Å². The summed E-state index contributed by atoms with van der Waals surface area (Å²) in [5, 5.41) is 11.7. The fourth-order valence-electron chi connectivity index (χ4n) is 2.26. The Morgan fingerprint density at radius 2 is 2.38 bits per heavy atom. The summed E-state index contributed by atoms with van der Waals surface area (Å²) in [6, 6.07) is -0.565. The number of nitrogens with one attached hydrogen (secondary N) is 1. The normalized spacial score (nSPS) is 32.1. The predicted molar refractivity (Wildman–Crippen MR) is 55.0 cm³/mol. The Kier molecular flexibility index (Phi) is 3.40. The third-order valence-electron chi connectivity index (χ3n) is 3.11. The van der Waals surface area contributed by atoms with E-state index in [-0.39, 0.29) is 25.0 Å². The summed E-state index contributed by atoms with van der Waals surface area (Å²) in [7, 11) is 0. The second-order valence-corrected chi connectivity index (χ2v) is 4.20. The van der Waals surface area contributed by atoms with Gasteiger partial charge in [-0.25, -0.2) is 0 Å². The number of rotatable bonds is 2. The van der Waals surface area contributed by atoms with Crippen LogP contribution in [-0.4, -0.2) is 60.3 Å². The molecule has 2 unspecified atom stereocenters. The Hall–Kier alpha value is -1.14. The molecule has 0 aliphatic carbocycles. The smallest absolute Gasteiger partial charge is 0.322 e. The second kappa shape index (κ2) is 4.80. The zero-order valence-electron chi connectivity index (χ0n) is 9.02. The van der Waals surface area contributed by atoms with Crippen LogP contribution in [0.15, 0.2) is 0 Å². The molecule has 0 aromatic carbocycles. The highest BCUT2D eigenvalue weighted by Gasteiger charge is 2.36. The van der Waals surface area contributed by atoms with Crippen LogP contribution in [0.4, 0.5) is 0 Å². The van der Waals surface area contributed by atoms with Crippen LogP contribution in [0.5, 0.6) is 0 Å². The fourth-order valence-corrected chi connectivity index (χ4v) is 2.26. The molecule has 0 spiro atoms. The maximum Gasteiger partial charge on any atom is 0.322 e. The lowest BCUT2D eigenvalue weighted by Crippen LogP contribution is -2.61. The number of amides is 1. The van der Waals surface area contributed by atoms with Crippen molar-refractivity contribution in [1.29, 1.82) is 0 Å². The van der Waals surface area contributed by atoms with Crippen LogP contribution in [0.3, 0.4) is 0 Å². The highest BCUT2D eigenvalue weighted by molar-refractivity contribution is 5.83. The lowest BCUT2D eigenvalue weighted by molar-refractivity contribution is -0.149. The number of nitrogens with zero attached hydrogens (tertiary/aromatic N) is 1. The number of carbonyl (C=O) groups excluding carboxylic acids is 1. The third kappa shape index (κ3) is 2.33. The molecule has 2 aliphatic heterocycles. The van der Waals surface area contributed by atoms with E-state index in [4.69, 9.17) is 9.84 Å². The first-order chi connectivity index (χ1) is 7.68. The van der Waals surface area contributed by atoms with Crippen LogP contribution >= 0.6 is 0 Å². The van der Waals surface area contributed by atoms with Gasteiger partial charge >= 0.3 is 5.97 Å². The van der Waals surface area contributed by atoms with E-state index in [1.807, 2.05) is 0 Å². The average Bonchev–Trinajstić information content (AvgIpc) is 2.29. The number of hydrogen-bond acceptors (Lipinski definition) is 4. The molecule has 0 radical (unpaired) electrons. The summed E-state index contributed by atoms with van der Waals surface area (Å²) >= 11 is 0. The van der Waals surface area contributed by atoms with Crippen molar-refractivity contribution in [3.8, 4) is 0 Å². The summed E-state index contributed by atoms with van der Waals surface area (Å²) in [6.45, 7) is 1.60. The van der Waals surface area contributed by atoms with Crippen molar-refractivity contribution < 1.29 is 19.4 Å². The van der Waals surface area contributed by atoms with E-state index < -0.39 is 12.0 Å². The van der Waals surface area contributed by atoms with Gasteiger partial charge in [-0.2, -0.15) is 0 Å². The van der Waals surface area contributed by atoms with Crippen molar-refractivity contribution in [3.05, 3.63) is 0 Å². The molecular formula is C10H16N2O4. The van der Waals surface area contributed by atoms with E-state index in [1.54, 1.807) is 4.90 Å². The predicted octanol–water partition coefficient (Wildman–Crippen LogP) is -0.950. The van der Waals surface area contributed by atoms with Crippen molar-refractivity contribution in [3.63, 3.8) is 0 Å². The molecule has 0 saturated carbocycles. The number of ether oxygens (including phenoxy) is 1. The van der Waals surface area contributed by atoms with E-state index in [1.165, 1.54) is 0 Å². The molecule has 0 bridgehead atoms. The average molecular weight is 228 g/mol. The number of carboxylic acid groups (broad SMARTS) is 1. The summed E-state index contributed by atoms with van der Waals surface area (Å²) in [5.74, 6) is -0.992. The Labute approximate surface area is 93.6 Å². The van der Waals surface area contributed by atoms with Gasteiger partial charge in [-0.1, -0.05) is 0 Å². The van der Waals surface area contributed by atoms with Gasteiger partial charge in [-0.15, -0.1) is 0 Å². The summed E-state index contributed by atoms with van der Waals surface area (Å²) in [5.41, 5.74) is 0. The van der Waals surface area contributed by atoms with Crippen LogP contribution in [0.25, 0.3) is 0 Å². The summed E-state index contributed by atoms with van der Waals surface area (Å²) < 4.78 is 5.33. The molecule has 2 fully saturated rings.